The van der Waals surface area contributed by atoms with Gasteiger partial charge in [0.2, 0.25) is 11.8 Å². The van der Waals surface area contributed by atoms with Crippen LogP contribution in [0, 0.1) is 12.8 Å². The Bertz CT molecular complexity index is 646. The van der Waals surface area contributed by atoms with Crippen LogP contribution in [-0.2, 0) is 20.9 Å². The first-order chi connectivity index (χ1) is 10.9. The highest BCUT2D eigenvalue weighted by Crippen LogP contribution is 2.36. The van der Waals surface area contributed by atoms with Crippen molar-refractivity contribution in [1.29, 1.82) is 0 Å². The monoisotopic (exact) mass is 320 g/mol. The fraction of sp³-hybridized carbons (Fsp3) is 0.600. The van der Waals surface area contributed by atoms with Gasteiger partial charge in [0.25, 0.3) is 0 Å². The molecule has 124 valence electrons. The third-order valence-electron chi connectivity index (χ3n) is 4.82. The van der Waals surface area contributed by atoms with Crippen LogP contribution in [0.4, 0.5) is 0 Å². The van der Waals surface area contributed by atoms with Crippen molar-refractivity contribution in [2.75, 3.05) is 13.1 Å². The van der Waals surface area contributed by atoms with E-state index in [4.69, 9.17) is 0 Å². The van der Waals surface area contributed by atoms with Crippen LogP contribution in [0.2, 0.25) is 0 Å². The second-order valence-corrected chi connectivity index (χ2v) is 6.33. The average Bonchev–Trinajstić information content (AvgIpc) is 3.03. The molecular weight excluding hydrogens is 300 g/mol. The number of carboxylic acids is 1. The minimum atomic E-state index is -0.949. The zero-order valence-corrected chi connectivity index (χ0v) is 13.0. The van der Waals surface area contributed by atoms with Gasteiger partial charge in [-0.3, -0.25) is 19.1 Å². The summed E-state index contributed by atoms with van der Waals surface area (Å²) >= 11 is 0. The molecule has 23 heavy (non-hydrogen) atoms. The smallest absolute Gasteiger partial charge is 0.309 e. The number of nitrogens with one attached hydrogen (secondary N) is 1. The standard InChI is InChI=1S/C15H20N4O4/c1-10-2-5-19(17-10)9-13(21)18-6-3-15(4-7-18)11(14(22)23)8-12(20)16-15/h2,5,11H,3-4,6-9H2,1H3,(H,16,20)(H,22,23)/t11-/m1/s1. The van der Waals surface area contributed by atoms with Gasteiger partial charge in [0.1, 0.15) is 6.54 Å². The molecule has 3 rings (SSSR count). The van der Waals surface area contributed by atoms with E-state index in [1.807, 2.05) is 13.0 Å². The number of likely N-dealkylation sites (tertiary alicyclic amines) is 1. The van der Waals surface area contributed by atoms with Gasteiger partial charge in [0, 0.05) is 25.7 Å². The van der Waals surface area contributed by atoms with Gasteiger partial charge < -0.3 is 15.3 Å². The van der Waals surface area contributed by atoms with Gasteiger partial charge in [-0.2, -0.15) is 5.10 Å². The molecule has 2 aliphatic rings. The molecule has 0 unspecified atom stereocenters. The number of rotatable bonds is 3. The van der Waals surface area contributed by atoms with Crippen molar-refractivity contribution in [1.82, 2.24) is 20.0 Å². The lowest BCUT2D eigenvalue weighted by atomic mass is 9.77. The van der Waals surface area contributed by atoms with Gasteiger partial charge in [-0.25, -0.2) is 0 Å². The molecule has 0 radical (unpaired) electrons. The predicted molar refractivity (Wildman–Crippen MR) is 79.4 cm³/mol. The SMILES string of the molecule is Cc1ccn(CC(=O)N2CCC3(CC2)NC(=O)C[C@@H]3C(=O)O)n1. The summed E-state index contributed by atoms with van der Waals surface area (Å²) in [6, 6.07) is 1.84. The molecule has 1 atom stereocenters. The van der Waals surface area contributed by atoms with Crippen molar-refractivity contribution in [2.45, 2.75) is 38.3 Å². The van der Waals surface area contributed by atoms with E-state index in [1.165, 1.54) is 0 Å². The third kappa shape index (κ3) is 2.93. The van der Waals surface area contributed by atoms with Gasteiger partial charge in [-0.05, 0) is 25.8 Å². The Morgan fingerprint density at radius 1 is 1.43 bits per heavy atom. The van der Waals surface area contributed by atoms with E-state index in [-0.39, 0.29) is 24.8 Å². The first kappa shape index (κ1) is 15.5. The number of aliphatic carboxylic acids is 1. The van der Waals surface area contributed by atoms with Gasteiger partial charge in [0.05, 0.1) is 17.2 Å². The van der Waals surface area contributed by atoms with E-state index in [0.717, 1.165) is 5.69 Å². The van der Waals surface area contributed by atoms with E-state index in [9.17, 15) is 19.5 Å². The molecule has 0 bridgehead atoms. The molecule has 2 aliphatic heterocycles. The Morgan fingerprint density at radius 3 is 2.70 bits per heavy atom. The lowest BCUT2D eigenvalue weighted by Crippen LogP contribution is -2.56. The van der Waals surface area contributed by atoms with Crippen LogP contribution in [0.25, 0.3) is 0 Å². The molecule has 2 N–H and O–H groups in total. The van der Waals surface area contributed by atoms with Crippen molar-refractivity contribution < 1.29 is 19.5 Å². The molecule has 1 spiro atoms. The van der Waals surface area contributed by atoms with Crippen molar-refractivity contribution in [3.63, 3.8) is 0 Å². The van der Waals surface area contributed by atoms with Gasteiger partial charge in [-0.15, -0.1) is 0 Å². The molecule has 0 saturated carbocycles. The zero-order valence-electron chi connectivity index (χ0n) is 13.0. The number of amides is 2. The highest BCUT2D eigenvalue weighted by atomic mass is 16.4. The summed E-state index contributed by atoms with van der Waals surface area (Å²) in [5.74, 6) is -1.92. The van der Waals surface area contributed by atoms with Gasteiger partial charge in [0.15, 0.2) is 0 Å². The number of carboxylic acid groups (broad SMARTS) is 1. The van der Waals surface area contributed by atoms with E-state index >= 15 is 0 Å². The summed E-state index contributed by atoms with van der Waals surface area (Å²) in [5.41, 5.74) is 0.149. The van der Waals surface area contributed by atoms with Crippen LogP contribution in [-0.4, -0.2) is 56.2 Å². The van der Waals surface area contributed by atoms with Crippen molar-refractivity contribution in [3.8, 4) is 0 Å². The summed E-state index contributed by atoms with van der Waals surface area (Å²) in [4.78, 5) is 37.1. The van der Waals surface area contributed by atoms with Crippen LogP contribution in [0.15, 0.2) is 12.3 Å². The number of hydrogen-bond acceptors (Lipinski definition) is 4. The topological polar surface area (TPSA) is 105 Å². The number of hydrogen-bond donors (Lipinski definition) is 2. The summed E-state index contributed by atoms with van der Waals surface area (Å²) in [6.07, 6.45) is 2.73. The zero-order chi connectivity index (χ0) is 16.6. The van der Waals surface area contributed by atoms with Crippen molar-refractivity contribution in [2.24, 2.45) is 5.92 Å². The molecule has 0 aliphatic carbocycles. The van der Waals surface area contributed by atoms with E-state index in [0.29, 0.717) is 25.9 Å². The number of aromatic nitrogens is 2. The number of aryl methyl sites for hydroxylation is 1. The van der Waals surface area contributed by atoms with Crippen molar-refractivity contribution in [3.05, 3.63) is 18.0 Å². The Hall–Kier alpha value is -2.38. The van der Waals surface area contributed by atoms with Gasteiger partial charge in [-0.1, -0.05) is 0 Å². The first-order valence-electron chi connectivity index (χ1n) is 7.71. The van der Waals surface area contributed by atoms with Crippen molar-refractivity contribution >= 4 is 17.8 Å². The normalized spacial score (nSPS) is 23.1. The van der Waals surface area contributed by atoms with Gasteiger partial charge >= 0.3 is 5.97 Å². The predicted octanol–water partition coefficient (Wildman–Crippen LogP) is -0.227. The minimum absolute atomic E-state index is 0.0237. The highest BCUT2D eigenvalue weighted by molar-refractivity contribution is 5.88. The van der Waals surface area contributed by atoms with Crippen LogP contribution < -0.4 is 5.32 Å². The summed E-state index contributed by atoms with van der Waals surface area (Å²) in [7, 11) is 0. The maximum Gasteiger partial charge on any atom is 0.309 e. The summed E-state index contributed by atoms with van der Waals surface area (Å²) in [6.45, 7) is 2.93. The number of carbonyl (C=O) groups excluding carboxylic acids is 2. The maximum atomic E-state index is 12.3. The Labute approximate surface area is 133 Å². The minimum Gasteiger partial charge on any atom is -0.481 e. The van der Waals surface area contributed by atoms with Crippen LogP contribution in [0.1, 0.15) is 25.0 Å². The Kier molecular flexibility index (Phi) is 3.83. The Balaban J connectivity index is 1.62. The molecule has 8 heteroatoms. The molecule has 3 heterocycles. The second kappa shape index (κ2) is 5.68. The Morgan fingerprint density at radius 2 is 2.13 bits per heavy atom. The van der Waals surface area contributed by atoms with E-state index in [2.05, 4.69) is 10.4 Å². The largest absolute Gasteiger partial charge is 0.481 e. The summed E-state index contributed by atoms with van der Waals surface area (Å²) < 4.78 is 1.60. The third-order valence-corrected chi connectivity index (χ3v) is 4.82. The molecular formula is C15H20N4O4. The number of nitrogens with zero attached hydrogens (tertiary/aromatic N) is 3. The quantitative estimate of drug-likeness (QED) is 0.801. The van der Waals surface area contributed by atoms with Crippen LogP contribution in [0.3, 0.4) is 0 Å². The lowest BCUT2D eigenvalue weighted by molar-refractivity contribution is -0.145. The summed E-state index contributed by atoms with van der Waals surface area (Å²) in [5, 5.41) is 16.4. The number of carbonyl (C=O) groups is 3. The second-order valence-electron chi connectivity index (χ2n) is 6.33. The average molecular weight is 320 g/mol. The lowest BCUT2D eigenvalue weighted by Gasteiger charge is -2.41. The molecule has 8 nitrogen and oxygen atoms in total. The number of piperidine rings is 1. The molecule has 2 saturated heterocycles. The maximum absolute atomic E-state index is 12.3. The molecule has 1 aromatic heterocycles. The fourth-order valence-electron chi connectivity index (χ4n) is 3.54. The van der Waals surface area contributed by atoms with E-state index in [1.54, 1.807) is 15.8 Å². The molecule has 0 aromatic carbocycles. The molecule has 2 fully saturated rings. The van der Waals surface area contributed by atoms with E-state index < -0.39 is 17.4 Å². The van der Waals surface area contributed by atoms with Crippen LogP contribution in [0.5, 0.6) is 0 Å². The highest BCUT2D eigenvalue weighted by Gasteiger charge is 2.51. The first-order valence-corrected chi connectivity index (χ1v) is 7.71. The fourth-order valence-corrected chi connectivity index (χ4v) is 3.54. The van der Waals surface area contributed by atoms with Crippen LogP contribution >= 0.6 is 0 Å². The molecule has 2 amide bonds. The molecule has 1 aromatic rings.